The maximum absolute atomic E-state index is 12.6. The Morgan fingerprint density at radius 3 is 2.82 bits per heavy atom. The van der Waals surface area contributed by atoms with Crippen LogP contribution in [0.15, 0.2) is 58.3 Å². The van der Waals surface area contributed by atoms with Crippen LogP contribution in [0.25, 0.3) is 22.4 Å². The maximum atomic E-state index is 12.6. The molecule has 0 aliphatic carbocycles. The van der Waals surface area contributed by atoms with Gasteiger partial charge in [-0.05, 0) is 18.2 Å². The molecule has 4 aromatic rings. The van der Waals surface area contributed by atoms with Crippen LogP contribution in [0.2, 0.25) is 0 Å². The fourth-order valence-corrected chi connectivity index (χ4v) is 3.51. The Morgan fingerprint density at radius 2 is 2.00 bits per heavy atom. The standard InChI is InChI=1S/C20H17N3O4S/c1-25-12-7-8-14(18(9-12)26-2)19-22-23-20(27-19)28-11-17(24)15-10-21-16-6-4-3-5-13(15)16/h3-10,21H,11H2,1-2H3. The molecule has 2 aromatic carbocycles. The van der Waals surface area contributed by atoms with Crippen molar-refractivity contribution in [2.24, 2.45) is 0 Å². The number of nitrogens with zero attached hydrogens (tertiary/aromatic N) is 2. The zero-order chi connectivity index (χ0) is 19.5. The Labute approximate surface area is 165 Å². The van der Waals surface area contributed by atoms with E-state index in [1.807, 2.05) is 24.3 Å². The number of rotatable bonds is 7. The third-order valence-corrected chi connectivity index (χ3v) is 5.08. The Kier molecular flexibility index (Phi) is 5.03. The number of hydrogen-bond donors (Lipinski definition) is 1. The molecular formula is C20H17N3O4S. The van der Waals surface area contributed by atoms with Crippen molar-refractivity contribution in [1.82, 2.24) is 15.2 Å². The van der Waals surface area contributed by atoms with Gasteiger partial charge in [0.25, 0.3) is 11.1 Å². The third kappa shape index (κ3) is 3.46. The molecular weight excluding hydrogens is 378 g/mol. The van der Waals surface area contributed by atoms with Crippen LogP contribution in [0.4, 0.5) is 0 Å². The molecule has 2 heterocycles. The van der Waals surface area contributed by atoms with Gasteiger partial charge in [0.05, 0.1) is 25.5 Å². The Bertz CT molecular complexity index is 1140. The number of nitrogens with one attached hydrogen (secondary N) is 1. The highest BCUT2D eigenvalue weighted by molar-refractivity contribution is 7.99. The van der Waals surface area contributed by atoms with E-state index in [0.29, 0.717) is 33.7 Å². The number of thioether (sulfide) groups is 1. The molecule has 7 nitrogen and oxygen atoms in total. The number of aromatic amines is 1. The molecule has 0 aliphatic rings. The lowest BCUT2D eigenvalue weighted by molar-refractivity contribution is 0.102. The normalized spacial score (nSPS) is 10.9. The predicted molar refractivity (Wildman–Crippen MR) is 106 cm³/mol. The van der Waals surface area contributed by atoms with E-state index in [4.69, 9.17) is 13.9 Å². The Balaban J connectivity index is 1.49. The van der Waals surface area contributed by atoms with Crippen LogP contribution in [-0.2, 0) is 0 Å². The molecule has 0 amide bonds. The molecule has 4 rings (SSSR count). The first-order chi connectivity index (χ1) is 13.7. The average molecular weight is 395 g/mol. The minimum atomic E-state index is -0.00997. The summed E-state index contributed by atoms with van der Waals surface area (Å²) in [6, 6.07) is 13.0. The number of para-hydroxylation sites is 1. The minimum absolute atomic E-state index is 0.00997. The summed E-state index contributed by atoms with van der Waals surface area (Å²) in [5.41, 5.74) is 2.24. The number of fused-ring (bicyclic) bond motifs is 1. The van der Waals surface area contributed by atoms with Gasteiger partial charge in [-0.3, -0.25) is 4.79 Å². The molecule has 0 unspecified atom stereocenters. The zero-order valence-corrected chi connectivity index (χ0v) is 16.1. The zero-order valence-electron chi connectivity index (χ0n) is 15.3. The monoisotopic (exact) mass is 395 g/mol. The second kappa shape index (κ2) is 7.77. The second-order valence-electron chi connectivity index (χ2n) is 5.90. The highest BCUT2D eigenvalue weighted by atomic mass is 32.2. The van der Waals surface area contributed by atoms with Gasteiger partial charge in [0.1, 0.15) is 11.5 Å². The van der Waals surface area contributed by atoms with Gasteiger partial charge in [0.15, 0.2) is 5.78 Å². The number of aromatic nitrogens is 3. The number of ketones is 1. The minimum Gasteiger partial charge on any atom is -0.497 e. The summed E-state index contributed by atoms with van der Waals surface area (Å²) >= 11 is 1.20. The van der Waals surface area contributed by atoms with Gasteiger partial charge in [-0.1, -0.05) is 30.0 Å². The molecule has 142 valence electrons. The third-order valence-electron chi connectivity index (χ3n) is 4.26. The van der Waals surface area contributed by atoms with E-state index in [2.05, 4.69) is 15.2 Å². The van der Waals surface area contributed by atoms with Crippen molar-refractivity contribution in [2.75, 3.05) is 20.0 Å². The van der Waals surface area contributed by atoms with Gasteiger partial charge < -0.3 is 18.9 Å². The molecule has 0 atom stereocenters. The summed E-state index contributed by atoms with van der Waals surface area (Å²) in [6.45, 7) is 0. The molecule has 0 aliphatic heterocycles. The number of methoxy groups -OCH3 is 2. The molecule has 0 spiro atoms. The quantitative estimate of drug-likeness (QED) is 0.370. The van der Waals surface area contributed by atoms with E-state index in [1.54, 1.807) is 38.6 Å². The topological polar surface area (TPSA) is 90.2 Å². The van der Waals surface area contributed by atoms with E-state index in [0.717, 1.165) is 10.9 Å². The van der Waals surface area contributed by atoms with E-state index in [9.17, 15) is 4.79 Å². The van der Waals surface area contributed by atoms with Crippen LogP contribution in [0.5, 0.6) is 11.5 Å². The summed E-state index contributed by atoms with van der Waals surface area (Å²) in [6.07, 6.45) is 1.73. The van der Waals surface area contributed by atoms with Gasteiger partial charge in [-0.15, -0.1) is 10.2 Å². The summed E-state index contributed by atoms with van der Waals surface area (Å²) in [5.74, 6) is 1.74. The van der Waals surface area contributed by atoms with Crippen molar-refractivity contribution in [1.29, 1.82) is 0 Å². The largest absolute Gasteiger partial charge is 0.497 e. The summed E-state index contributed by atoms with van der Waals surface area (Å²) in [4.78, 5) is 15.7. The van der Waals surface area contributed by atoms with Crippen LogP contribution < -0.4 is 9.47 Å². The summed E-state index contributed by atoms with van der Waals surface area (Å²) in [5, 5.41) is 9.32. The Hall–Kier alpha value is -3.26. The number of carbonyl (C=O) groups excluding carboxylic acids is 1. The van der Waals surface area contributed by atoms with Crippen LogP contribution in [-0.4, -0.2) is 40.9 Å². The van der Waals surface area contributed by atoms with Gasteiger partial charge in [-0.25, -0.2) is 0 Å². The number of hydrogen-bond acceptors (Lipinski definition) is 7. The number of Topliss-reactive ketones (excluding diaryl/α,β-unsaturated/α-hetero) is 1. The number of benzene rings is 2. The van der Waals surface area contributed by atoms with Crippen LogP contribution in [0.3, 0.4) is 0 Å². The van der Waals surface area contributed by atoms with Crippen molar-refractivity contribution in [3.05, 3.63) is 54.2 Å². The molecule has 8 heteroatoms. The number of H-pyrrole nitrogens is 1. The molecule has 28 heavy (non-hydrogen) atoms. The van der Waals surface area contributed by atoms with Crippen LogP contribution in [0, 0.1) is 0 Å². The number of carbonyl (C=O) groups is 1. The van der Waals surface area contributed by atoms with Crippen molar-refractivity contribution in [3.63, 3.8) is 0 Å². The van der Waals surface area contributed by atoms with Gasteiger partial charge in [0.2, 0.25) is 0 Å². The smallest absolute Gasteiger partial charge is 0.277 e. The van der Waals surface area contributed by atoms with E-state index >= 15 is 0 Å². The van der Waals surface area contributed by atoms with Gasteiger partial charge >= 0.3 is 0 Å². The fourth-order valence-electron chi connectivity index (χ4n) is 2.86. The lowest BCUT2D eigenvalue weighted by atomic mass is 10.1. The first kappa shape index (κ1) is 18.1. The summed E-state index contributed by atoms with van der Waals surface area (Å²) in [7, 11) is 3.14. The lowest BCUT2D eigenvalue weighted by Crippen LogP contribution is -2.01. The maximum Gasteiger partial charge on any atom is 0.277 e. The van der Waals surface area contributed by atoms with Crippen molar-refractivity contribution in [2.45, 2.75) is 5.22 Å². The molecule has 0 saturated heterocycles. The first-order valence-electron chi connectivity index (χ1n) is 8.47. The first-order valence-corrected chi connectivity index (χ1v) is 9.46. The van der Waals surface area contributed by atoms with E-state index in [1.165, 1.54) is 11.8 Å². The van der Waals surface area contributed by atoms with Crippen molar-refractivity contribution in [3.8, 4) is 23.0 Å². The van der Waals surface area contributed by atoms with Crippen molar-refractivity contribution < 1.29 is 18.7 Å². The SMILES string of the molecule is COc1ccc(-c2nnc(SCC(=O)c3c[nH]c4ccccc34)o2)c(OC)c1. The Morgan fingerprint density at radius 1 is 1.14 bits per heavy atom. The van der Waals surface area contributed by atoms with Crippen LogP contribution >= 0.6 is 11.8 Å². The average Bonchev–Trinajstić information content (AvgIpc) is 3.38. The molecule has 0 bridgehead atoms. The highest BCUT2D eigenvalue weighted by Crippen LogP contribution is 2.33. The predicted octanol–water partition coefficient (Wildman–Crippen LogP) is 4.21. The fraction of sp³-hybridized carbons (Fsp3) is 0.150. The molecule has 0 radical (unpaired) electrons. The summed E-state index contributed by atoms with van der Waals surface area (Å²) < 4.78 is 16.3. The number of ether oxygens (including phenoxy) is 2. The lowest BCUT2D eigenvalue weighted by Gasteiger charge is -2.07. The van der Waals surface area contributed by atoms with Gasteiger partial charge in [-0.2, -0.15) is 0 Å². The molecule has 0 saturated carbocycles. The van der Waals surface area contributed by atoms with E-state index in [-0.39, 0.29) is 11.5 Å². The molecule has 0 fully saturated rings. The van der Waals surface area contributed by atoms with E-state index < -0.39 is 0 Å². The van der Waals surface area contributed by atoms with Crippen LogP contribution in [0.1, 0.15) is 10.4 Å². The van der Waals surface area contributed by atoms with Gasteiger partial charge in [0, 0.05) is 28.7 Å². The molecule has 2 aromatic heterocycles. The van der Waals surface area contributed by atoms with Crippen molar-refractivity contribution >= 4 is 28.4 Å². The second-order valence-corrected chi connectivity index (χ2v) is 6.83. The molecule has 1 N–H and O–H groups in total. The highest BCUT2D eigenvalue weighted by Gasteiger charge is 2.17.